The molecule has 0 radical (unpaired) electrons. The van der Waals surface area contributed by atoms with Gasteiger partial charge in [0.25, 0.3) is 0 Å². The Morgan fingerprint density at radius 3 is 2.86 bits per heavy atom. The van der Waals surface area contributed by atoms with E-state index in [9.17, 15) is 9.59 Å². The van der Waals surface area contributed by atoms with Gasteiger partial charge in [-0.15, -0.1) is 0 Å². The molecule has 0 aromatic heterocycles. The zero-order valence-electron chi connectivity index (χ0n) is 11.7. The van der Waals surface area contributed by atoms with Crippen LogP contribution in [0.15, 0.2) is 24.3 Å². The van der Waals surface area contributed by atoms with Crippen LogP contribution in [0.2, 0.25) is 0 Å². The first-order valence-electron chi connectivity index (χ1n) is 7.00. The van der Waals surface area contributed by atoms with E-state index >= 15 is 0 Å². The number of hydrogen-bond donors (Lipinski definition) is 2. The Hall–Kier alpha value is -2.08. The first-order valence-corrected chi connectivity index (χ1v) is 7.00. The molecular weight excluding hydrogens is 274 g/mol. The van der Waals surface area contributed by atoms with Gasteiger partial charge >= 0.3 is 5.97 Å². The van der Waals surface area contributed by atoms with E-state index in [4.69, 9.17) is 14.6 Å². The molecule has 0 saturated carbocycles. The summed E-state index contributed by atoms with van der Waals surface area (Å²) in [5.74, 6) is -0.768. The molecule has 1 aliphatic rings. The Balaban J connectivity index is 1.89. The van der Waals surface area contributed by atoms with Crippen LogP contribution in [0, 0.1) is 0 Å². The molecule has 0 aliphatic carbocycles. The predicted octanol–water partition coefficient (Wildman–Crippen LogP) is 2.05. The van der Waals surface area contributed by atoms with Crippen LogP contribution in [0.3, 0.4) is 0 Å². The van der Waals surface area contributed by atoms with E-state index in [2.05, 4.69) is 5.32 Å². The number of carbonyl (C=O) groups excluding carboxylic acids is 1. The van der Waals surface area contributed by atoms with Crippen molar-refractivity contribution >= 4 is 17.6 Å². The van der Waals surface area contributed by atoms with Crippen LogP contribution >= 0.6 is 0 Å². The fraction of sp³-hybridized carbons (Fsp3) is 0.467. The minimum Gasteiger partial charge on any atom is -0.489 e. The van der Waals surface area contributed by atoms with Crippen LogP contribution in [0.25, 0.3) is 0 Å². The van der Waals surface area contributed by atoms with E-state index in [0.29, 0.717) is 18.0 Å². The predicted molar refractivity (Wildman–Crippen MR) is 76.4 cm³/mol. The largest absolute Gasteiger partial charge is 0.489 e. The van der Waals surface area contributed by atoms with Gasteiger partial charge in [0.2, 0.25) is 5.91 Å². The van der Waals surface area contributed by atoms with Crippen LogP contribution < -0.4 is 10.1 Å². The Morgan fingerprint density at radius 1 is 1.33 bits per heavy atom. The van der Waals surface area contributed by atoms with Gasteiger partial charge in [0, 0.05) is 13.0 Å². The Kier molecular flexibility index (Phi) is 5.57. The fourth-order valence-electron chi connectivity index (χ4n) is 2.09. The molecule has 1 atom stereocenters. The van der Waals surface area contributed by atoms with E-state index in [1.807, 2.05) is 6.07 Å². The van der Waals surface area contributed by atoms with Crippen molar-refractivity contribution in [2.24, 2.45) is 0 Å². The average molecular weight is 293 g/mol. The first kappa shape index (κ1) is 15.3. The van der Waals surface area contributed by atoms with Crippen molar-refractivity contribution < 1.29 is 24.2 Å². The van der Waals surface area contributed by atoms with E-state index < -0.39 is 5.97 Å². The van der Waals surface area contributed by atoms with Crippen molar-refractivity contribution in [3.8, 4) is 5.75 Å². The van der Waals surface area contributed by atoms with Crippen LogP contribution in [0.1, 0.15) is 25.7 Å². The van der Waals surface area contributed by atoms with Gasteiger partial charge in [-0.05, 0) is 25.0 Å². The Morgan fingerprint density at radius 2 is 2.14 bits per heavy atom. The summed E-state index contributed by atoms with van der Waals surface area (Å²) in [7, 11) is 0. The molecular formula is C15H19NO5. The first-order chi connectivity index (χ1) is 10.1. The number of aliphatic carboxylic acids is 1. The van der Waals surface area contributed by atoms with Gasteiger partial charge in [0.05, 0.1) is 18.2 Å². The quantitative estimate of drug-likeness (QED) is 0.803. The number of carboxylic acids is 1. The lowest BCUT2D eigenvalue weighted by Crippen LogP contribution is -2.18. The normalized spacial score (nSPS) is 17.4. The second kappa shape index (κ2) is 7.64. The van der Waals surface area contributed by atoms with Crippen LogP contribution in [0.5, 0.6) is 5.75 Å². The zero-order valence-corrected chi connectivity index (χ0v) is 11.7. The number of benzene rings is 1. The third kappa shape index (κ3) is 5.07. The summed E-state index contributed by atoms with van der Waals surface area (Å²) >= 11 is 0. The molecule has 0 spiro atoms. The number of carboxylic acid groups (broad SMARTS) is 1. The minimum absolute atomic E-state index is 0.0601. The molecule has 114 valence electrons. The Bertz CT molecular complexity index is 497. The van der Waals surface area contributed by atoms with Gasteiger partial charge in [-0.25, -0.2) is 0 Å². The van der Waals surface area contributed by atoms with Crippen molar-refractivity contribution in [3.63, 3.8) is 0 Å². The molecule has 1 amide bonds. The second-order valence-electron chi connectivity index (χ2n) is 4.88. The monoisotopic (exact) mass is 293 g/mol. The van der Waals surface area contributed by atoms with Gasteiger partial charge in [-0.2, -0.15) is 0 Å². The van der Waals surface area contributed by atoms with E-state index in [-0.39, 0.29) is 24.9 Å². The van der Waals surface area contributed by atoms with Crippen LogP contribution in [-0.4, -0.2) is 36.3 Å². The third-order valence-electron chi connectivity index (χ3n) is 3.18. The SMILES string of the molecule is O=C(O)CCC(=O)Nc1ccccc1OCC1CCCO1. The molecule has 6 heteroatoms. The molecule has 6 nitrogen and oxygen atoms in total. The van der Waals surface area contributed by atoms with Gasteiger partial charge < -0.3 is 19.9 Å². The number of para-hydroxylation sites is 2. The molecule has 2 rings (SSSR count). The van der Waals surface area contributed by atoms with Crippen LogP contribution in [0.4, 0.5) is 5.69 Å². The maximum atomic E-state index is 11.7. The van der Waals surface area contributed by atoms with Crippen molar-refractivity contribution in [3.05, 3.63) is 24.3 Å². The van der Waals surface area contributed by atoms with Crippen molar-refractivity contribution in [1.82, 2.24) is 0 Å². The lowest BCUT2D eigenvalue weighted by Gasteiger charge is -2.15. The summed E-state index contributed by atoms with van der Waals surface area (Å²) in [5.41, 5.74) is 0.547. The molecule has 1 unspecified atom stereocenters. The number of ether oxygens (including phenoxy) is 2. The van der Waals surface area contributed by atoms with E-state index in [1.165, 1.54) is 0 Å². The van der Waals surface area contributed by atoms with Crippen LogP contribution in [-0.2, 0) is 14.3 Å². The number of carbonyl (C=O) groups is 2. The lowest BCUT2D eigenvalue weighted by molar-refractivity contribution is -0.138. The standard InChI is InChI=1S/C15H19NO5/c17-14(7-8-15(18)19)16-12-5-1-2-6-13(12)21-10-11-4-3-9-20-11/h1-2,5-6,11H,3-4,7-10H2,(H,16,17)(H,18,19). The number of amides is 1. The highest BCUT2D eigenvalue weighted by Gasteiger charge is 2.17. The van der Waals surface area contributed by atoms with Gasteiger partial charge in [0.1, 0.15) is 12.4 Å². The highest BCUT2D eigenvalue weighted by molar-refractivity contribution is 5.93. The molecule has 2 N–H and O–H groups in total. The summed E-state index contributed by atoms with van der Waals surface area (Å²) in [5, 5.41) is 11.2. The van der Waals surface area contributed by atoms with Gasteiger partial charge in [-0.3, -0.25) is 9.59 Å². The fourth-order valence-corrected chi connectivity index (χ4v) is 2.09. The molecule has 1 fully saturated rings. The molecule has 1 saturated heterocycles. The summed E-state index contributed by atoms with van der Waals surface area (Å²) in [6, 6.07) is 7.09. The summed E-state index contributed by atoms with van der Waals surface area (Å²) in [4.78, 5) is 22.1. The molecule has 0 bridgehead atoms. The lowest BCUT2D eigenvalue weighted by atomic mass is 10.2. The highest BCUT2D eigenvalue weighted by atomic mass is 16.5. The van der Waals surface area contributed by atoms with Crippen molar-refractivity contribution in [1.29, 1.82) is 0 Å². The number of nitrogens with one attached hydrogen (secondary N) is 1. The zero-order chi connectivity index (χ0) is 15.1. The molecule has 1 aromatic carbocycles. The van der Waals surface area contributed by atoms with Gasteiger partial charge in [-0.1, -0.05) is 12.1 Å². The molecule has 1 aromatic rings. The number of rotatable bonds is 7. The minimum atomic E-state index is -0.993. The van der Waals surface area contributed by atoms with E-state index in [0.717, 1.165) is 19.4 Å². The second-order valence-corrected chi connectivity index (χ2v) is 4.88. The topological polar surface area (TPSA) is 84.9 Å². The summed E-state index contributed by atoms with van der Waals surface area (Å²) < 4.78 is 11.2. The third-order valence-corrected chi connectivity index (χ3v) is 3.18. The summed E-state index contributed by atoms with van der Waals surface area (Å²) in [6.45, 7) is 1.21. The van der Waals surface area contributed by atoms with Gasteiger partial charge in [0.15, 0.2) is 0 Å². The Labute approximate surface area is 123 Å². The average Bonchev–Trinajstić information content (AvgIpc) is 2.97. The smallest absolute Gasteiger partial charge is 0.303 e. The molecule has 1 aliphatic heterocycles. The number of anilines is 1. The van der Waals surface area contributed by atoms with Crippen molar-refractivity contribution in [2.45, 2.75) is 31.8 Å². The molecule has 21 heavy (non-hydrogen) atoms. The molecule has 1 heterocycles. The van der Waals surface area contributed by atoms with E-state index in [1.54, 1.807) is 18.2 Å². The maximum Gasteiger partial charge on any atom is 0.303 e. The number of hydrogen-bond acceptors (Lipinski definition) is 4. The maximum absolute atomic E-state index is 11.7. The highest BCUT2D eigenvalue weighted by Crippen LogP contribution is 2.25. The van der Waals surface area contributed by atoms with Crippen molar-refractivity contribution in [2.75, 3.05) is 18.5 Å². The summed E-state index contributed by atoms with van der Waals surface area (Å²) in [6.07, 6.45) is 1.87.